The maximum Gasteiger partial charge on any atom is 0.377 e. The third kappa shape index (κ3) is 3.31. The lowest BCUT2D eigenvalue weighted by Gasteiger charge is -2.13. The molecule has 2 N–H and O–H groups in total. The first kappa shape index (κ1) is 13.2. The molecule has 4 nitrogen and oxygen atoms in total. The van der Waals surface area contributed by atoms with Crippen LogP contribution in [-0.2, 0) is 9.53 Å². The van der Waals surface area contributed by atoms with Crippen molar-refractivity contribution < 1.29 is 32.2 Å². The molecule has 0 amide bonds. The van der Waals surface area contributed by atoms with Gasteiger partial charge in [-0.1, -0.05) is 0 Å². The van der Waals surface area contributed by atoms with Gasteiger partial charge in [-0.2, -0.15) is 8.78 Å². The van der Waals surface area contributed by atoms with Crippen molar-refractivity contribution in [3.63, 3.8) is 0 Å². The summed E-state index contributed by atoms with van der Waals surface area (Å²) in [4.78, 5) is 10.5. The zero-order chi connectivity index (χ0) is 12.3. The van der Waals surface area contributed by atoms with E-state index in [9.17, 15) is 22.4 Å². The van der Waals surface area contributed by atoms with E-state index in [0.717, 1.165) is 0 Å². The van der Waals surface area contributed by atoms with Crippen LogP contribution in [0, 0.1) is 0 Å². The molecule has 1 aliphatic heterocycles. The van der Waals surface area contributed by atoms with E-state index in [4.69, 9.17) is 5.11 Å². The third-order valence-corrected chi connectivity index (χ3v) is 2.07. The number of nitrogens with one attached hydrogen (secondary N) is 1. The SMILES string of the molecule is O=C1OC(CNCC(O)C(F)F)CC1(F)F. The van der Waals surface area contributed by atoms with Crippen LogP contribution < -0.4 is 5.32 Å². The van der Waals surface area contributed by atoms with E-state index in [1.165, 1.54) is 0 Å². The molecular formula is C8H11F4NO3. The maximum absolute atomic E-state index is 12.6. The summed E-state index contributed by atoms with van der Waals surface area (Å²) < 4.78 is 53.2. The molecule has 0 bridgehead atoms. The normalized spacial score (nSPS) is 25.9. The minimum Gasteiger partial charge on any atom is -0.456 e. The predicted octanol–water partition coefficient (Wildman–Crippen LogP) is 0.153. The van der Waals surface area contributed by atoms with Crippen LogP contribution in [0.5, 0.6) is 0 Å². The number of rotatable bonds is 5. The Balaban J connectivity index is 2.23. The molecule has 1 heterocycles. The Bertz CT molecular complexity index is 262. The lowest BCUT2D eigenvalue weighted by atomic mass is 10.2. The van der Waals surface area contributed by atoms with E-state index in [2.05, 4.69) is 10.1 Å². The van der Waals surface area contributed by atoms with Crippen LogP contribution in [0.1, 0.15) is 6.42 Å². The van der Waals surface area contributed by atoms with E-state index < -0.39 is 43.5 Å². The number of carbonyl (C=O) groups is 1. The van der Waals surface area contributed by atoms with Crippen molar-refractivity contribution in [2.75, 3.05) is 13.1 Å². The highest BCUT2D eigenvalue weighted by Crippen LogP contribution is 2.30. The second kappa shape index (κ2) is 4.96. The number of halogens is 4. The van der Waals surface area contributed by atoms with Crippen LogP contribution in [0.3, 0.4) is 0 Å². The summed E-state index contributed by atoms with van der Waals surface area (Å²) in [5.74, 6) is -5.11. The van der Waals surface area contributed by atoms with Crippen LogP contribution in [-0.4, -0.2) is 48.7 Å². The van der Waals surface area contributed by atoms with Gasteiger partial charge < -0.3 is 15.2 Å². The zero-order valence-corrected chi connectivity index (χ0v) is 8.13. The quantitative estimate of drug-likeness (QED) is 0.535. The van der Waals surface area contributed by atoms with E-state index in [1.807, 2.05) is 0 Å². The largest absolute Gasteiger partial charge is 0.456 e. The summed E-state index contributed by atoms with van der Waals surface area (Å²) >= 11 is 0. The van der Waals surface area contributed by atoms with Crippen LogP contribution in [0.25, 0.3) is 0 Å². The standard InChI is InChI=1S/C8H11F4NO3/c9-6(10)5(14)3-13-2-4-1-8(11,12)7(15)16-4/h4-6,13-14H,1-3H2. The average Bonchev–Trinajstić information content (AvgIpc) is 2.40. The van der Waals surface area contributed by atoms with Crippen LogP contribution >= 0.6 is 0 Å². The summed E-state index contributed by atoms with van der Waals surface area (Å²) in [5.41, 5.74) is 0. The first-order valence-electron chi connectivity index (χ1n) is 4.59. The van der Waals surface area contributed by atoms with Gasteiger partial charge in [0, 0.05) is 13.1 Å². The Labute approximate surface area is 88.6 Å². The molecule has 0 spiro atoms. The smallest absolute Gasteiger partial charge is 0.377 e. The molecule has 0 aromatic carbocycles. The molecule has 94 valence electrons. The number of cyclic esters (lactones) is 1. The van der Waals surface area contributed by atoms with Crippen molar-refractivity contribution in [2.45, 2.75) is 31.0 Å². The van der Waals surface area contributed by atoms with Gasteiger partial charge in [0.2, 0.25) is 0 Å². The Morgan fingerprint density at radius 2 is 2.19 bits per heavy atom. The van der Waals surface area contributed by atoms with E-state index >= 15 is 0 Å². The van der Waals surface area contributed by atoms with Gasteiger partial charge in [-0.15, -0.1) is 0 Å². The fraction of sp³-hybridized carbons (Fsp3) is 0.875. The minimum absolute atomic E-state index is 0.189. The van der Waals surface area contributed by atoms with Gasteiger partial charge in [-0.25, -0.2) is 13.6 Å². The Hall–Kier alpha value is -0.890. The molecule has 0 aromatic rings. The first-order valence-corrected chi connectivity index (χ1v) is 4.59. The molecule has 1 rings (SSSR count). The molecule has 2 atom stereocenters. The predicted molar refractivity (Wildman–Crippen MR) is 44.3 cm³/mol. The molecule has 1 aliphatic rings. The number of aliphatic hydroxyl groups excluding tert-OH is 1. The van der Waals surface area contributed by atoms with Crippen molar-refractivity contribution in [3.8, 4) is 0 Å². The number of carbonyl (C=O) groups excluding carboxylic acids is 1. The fourth-order valence-corrected chi connectivity index (χ4v) is 1.24. The summed E-state index contributed by atoms with van der Waals surface area (Å²) in [6.45, 7) is -0.637. The van der Waals surface area contributed by atoms with Crippen molar-refractivity contribution in [1.82, 2.24) is 5.32 Å². The van der Waals surface area contributed by atoms with E-state index in [1.54, 1.807) is 0 Å². The Kier molecular flexibility index (Phi) is 4.09. The lowest BCUT2D eigenvalue weighted by molar-refractivity contribution is -0.159. The van der Waals surface area contributed by atoms with Crippen LogP contribution in [0.15, 0.2) is 0 Å². The Morgan fingerprint density at radius 1 is 1.56 bits per heavy atom. The number of hydrogen-bond donors (Lipinski definition) is 2. The number of ether oxygens (including phenoxy) is 1. The van der Waals surface area contributed by atoms with E-state index in [0.29, 0.717) is 0 Å². The highest BCUT2D eigenvalue weighted by molar-refractivity contribution is 5.79. The average molecular weight is 245 g/mol. The number of esters is 1. The lowest BCUT2D eigenvalue weighted by Crippen LogP contribution is -2.36. The number of alkyl halides is 4. The molecule has 0 saturated carbocycles. The van der Waals surface area contributed by atoms with Gasteiger partial charge in [0.05, 0.1) is 6.42 Å². The minimum atomic E-state index is -3.51. The fourth-order valence-electron chi connectivity index (χ4n) is 1.24. The monoisotopic (exact) mass is 245 g/mol. The van der Waals surface area contributed by atoms with E-state index in [-0.39, 0.29) is 6.54 Å². The summed E-state index contributed by atoms with van der Waals surface area (Å²) in [7, 11) is 0. The van der Waals surface area contributed by atoms with Crippen molar-refractivity contribution >= 4 is 5.97 Å². The summed E-state index contributed by atoms with van der Waals surface area (Å²) in [6.07, 6.45) is -6.59. The number of hydrogen-bond acceptors (Lipinski definition) is 4. The van der Waals surface area contributed by atoms with Crippen molar-refractivity contribution in [3.05, 3.63) is 0 Å². The van der Waals surface area contributed by atoms with Gasteiger partial charge in [-0.3, -0.25) is 0 Å². The molecule has 1 saturated heterocycles. The van der Waals surface area contributed by atoms with Crippen molar-refractivity contribution in [1.29, 1.82) is 0 Å². The molecule has 0 radical (unpaired) electrons. The second-order valence-electron chi connectivity index (χ2n) is 3.50. The second-order valence-corrected chi connectivity index (χ2v) is 3.50. The van der Waals surface area contributed by atoms with Gasteiger partial charge in [0.15, 0.2) is 0 Å². The molecule has 0 aliphatic carbocycles. The molecule has 16 heavy (non-hydrogen) atoms. The molecule has 1 fully saturated rings. The van der Waals surface area contributed by atoms with Crippen LogP contribution in [0.4, 0.5) is 17.6 Å². The maximum atomic E-state index is 12.6. The van der Waals surface area contributed by atoms with Crippen LogP contribution in [0.2, 0.25) is 0 Å². The van der Waals surface area contributed by atoms with Gasteiger partial charge >= 0.3 is 11.9 Å². The van der Waals surface area contributed by atoms with Crippen molar-refractivity contribution in [2.24, 2.45) is 0 Å². The molecule has 0 aromatic heterocycles. The zero-order valence-electron chi connectivity index (χ0n) is 8.13. The highest BCUT2D eigenvalue weighted by Gasteiger charge is 2.50. The number of aliphatic hydroxyl groups is 1. The summed E-state index contributed by atoms with van der Waals surface area (Å²) in [6, 6.07) is 0. The molecule has 8 heteroatoms. The van der Waals surface area contributed by atoms with Gasteiger partial charge in [0.25, 0.3) is 6.43 Å². The third-order valence-electron chi connectivity index (χ3n) is 2.07. The summed E-state index contributed by atoms with van der Waals surface area (Å²) in [5, 5.41) is 11.0. The Morgan fingerprint density at radius 3 is 2.62 bits per heavy atom. The molecular weight excluding hydrogens is 234 g/mol. The highest BCUT2D eigenvalue weighted by atomic mass is 19.3. The van der Waals surface area contributed by atoms with Gasteiger partial charge in [0.1, 0.15) is 12.2 Å². The first-order chi connectivity index (χ1) is 7.33. The topological polar surface area (TPSA) is 58.6 Å². The van der Waals surface area contributed by atoms with Gasteiger partial charge in [-0.05, 0) is 0 Å². The molecule has 2 unspecified atom stereocenters.